The summed E-state index contributed by atoms with van der Waals surface area (Å²) in [5.74, 6) is 1.72. The van der Waals surface area contributed by atoms with Gasteiger partial charge in [0.15, 0.2) is 0 Å². The highest BCUT2D eigenvalue weighted by Crippen LogP contribution is 2.39. The van der Waals surface area contributed by atoms with E-state index in [1.807, 2.05) is 26.0 Å². The van der Waals surface area contributed by atoms with E-state index in [0.29, 0.717) is 46.9 Å². The molecule has 1 atom stereocenters. The maximum Gasteiger partial charge on any atom is 0.319 e. The zero-order valence-electron chi connectivity index (χ0n) is 18.5. The van der Waals surface area contributed by atoms with E-state index in [1.165, 1.54) is 0 Å². The van der Waals surface area contributed by atoms with Crippen LogP contribution in [0.4, 0.5) is 10.5 Å². The predicted molar refractivity (Wildman–Crippen MR) is 123 cm³/mol. The van der Waals surface area contributed by atoms with Gasteiger partial charge in [-0.2, -0.15) is 5.26 Å². The first-order valence-electron chi connectivity index (χ1n) is 10.9. The number of primary amides is 1. The van der Waals surface area contributed by atoms with E-state index in [2.05, 4.69) is 11.1 Å². The van der Waals surface area contributed by atoms with Crippen molar-refractivity contribution in [2.24, 2.45) is 5.73 Å². The van der Waals surface area contributed by atoms with Crippen molar-refractivity contribution in [1.29, 1.82) is 5.26 Å². The predicted octanol–water partition coefficient (Wildman–Crippen LogP) is 4.34. The number of nitrogens with two attached hydrogens (primary N) is 1. The van der Waals surface area contributed by atoms with Gasteiger partial charge in [0.2, 0.25) is 0 Å². The number of carbonyl (C=O) groups excluding carboxylic acids is 1. The third kappa shape index (κ3) is 4.15. The minimum absolute atomic E-state index is 0.0921. The summed E-state index contributed by atoms with van der Waals surface area (Å²) in [5.41, 5.74) is 9.37. The molecule has 1 aliphatic carbocycles. The highest BCUT2D eigenvalue weighted by Gasteiger charge is 2.34. The molecule has 2 aliphatic rings. The Balaban J connectivity index is 1.48. The molecule has 0 radical (unpaired) electrons. The molecule has 0 spiro atoms. The Labute approximate surface area is 191 Å². The Bertz CT molecular complexity index is 1290. The Morgan fingerprint density at radius 2 is 2.00 bits per heavy atom. The molecule has 2 amide bonds. The number of carbonyl (C=O) groups is 1. The summed E-state index contributed by atoms with van der Waals surface area (Å²) < 4.78 is 17.2. The molecule has 0 bridgehead atoms. The zero-order valence-corrected chi connectivity index (χ0v) is 18.5. The molecule has 33 heavy (non-hydrogen) atoms. The number of aromatic nitrogens is 1. The van der Waals surface area contributed by atoms with Crippen LogP contribution in [0.1, 0.15) is 29.5 Å². The number of hydrogen-bond acceptors (Lipinski definition) is 6. The second-order valence-electron chi connectivity index (χ2n) is 8.43. The first-order valence-corrected chi connectivity index (χ1v) is 10.9. The molecular weight excluding hydrogens is 420 g/mol. The van der Waals surface area contributed by atoms with Crippen molar-refractivity contribution < 1.29 is 19.0 Å². The topological polar surface area (TPSA) is 114 Å². The van der Waals surface area contributed by atoms with E-state index < -0.39 is 6.03 Å². The number of anilines is 1. The number of nitrogens with zero attached hydrogens (tertiary/aromatic N) is 3. The van der Waals surface area contributed by atoms with Crippen LogP contribution in [-0.2, 0) is 4.74 Å². The average molecular weight is 444 g/mol. The van der Waals surface area contributed by atoms with Crippen LogP contribution in [0.15, 0.2) is 36.5 Å². The van der Waals surface area contributed by atoms with Crippen LogP contribution in [-0.4, -0.2) is 36.4 Å². The molecule has 2 N–H and O–H groups in total. The summed E-state index contributed by atoms with van der Waals surface area (Å²) in [6, 6.07) is 10.9. The molecule has 1 saturated heterocycles. The summed E-state index contributed by atoms with van der Waals surface area (Å²) >= 11 is 0. The molecule has 2 heterocycles. The normalized spacial score (nSPS) is 16.8. The van der Waals surface area contributed by atoms with Gasteiger partial charge in [0.25, 0.3) is 0 Å². The second kappa shape index (κ2) is 8.26. The van der Waals surface area contributed by atoms with E-state index >= 15 is 0 Å². The van der Waals surface area contributed by atoms with Gasteiger partial charge < -0.3 is 19.9 Å². The van der Waals surface area contributed by atoms with Gasteiger partial charge >= 0.3 is 6.03 Å². The lowest BCUT2D eigenvalue weighted by Gasteiger charge is -2.24. The summed E-state index contributed by atoms with van der Waals surface area (Å²) in [5, 5.41) is 10.3. The average Bonchev–Trinajstić information content (AvgIpc) is 3.72. The van der Waals surface area contributed by atoms with Crippen LogP contribution in [0.3, 0.4) is 0 Å². The Hall–Kier alpha value is -3.83. The molecule has 1 aromatic heterocycles. The van der Waals surface area contributed by atoms with Gasteiger partial charge in [-0.3, -0.25) is 9.88 Å². The van der Waals surface area contributed by atoms with Crippen molar-refractivity contribution in [3.8, 4) is 23.3 Å². The number of benzene rings is 2. The van der Waals surface area contributed by atoms with Crippen LogP contribution in [0.5, 0.6) is 17.2 Å². The Kier molecular flexibility index (Phi) is 5.27. The molecule has 3 aromatic rings. The van der Waals surface area contributed by atoms with Crippen LogP contribution in [0.25, 0.3) is 10.9 Å². The molecule has 1 saturated carbocycles. The number of ether oxygens (including phenoxy) is 3. The lowest BCUT2D eigenvalue weighted by Crippen LogP contribution is -2.38. The second-order valence-corrected chi connectivity index (χ2v) is 8.43. The number of amides is 2. The number of nitriles is 1. The fourth-order valence-corrected chi connectivity index (χ4v) is 3.89. The lowest BCUT2D eigenvalue weighted by molar-refractivity contribution is 0.253. The number of urea groups is 1. The number of hydrogen-bond donors (Lipinski definition) is 1. The summed E-state index contributed by atoms with van der Waals surface area (Å²) in [6.45, 7) is 5.00. The highest BCUT2D eigenvalue weighted by molar-refractivity contribution is 5.93. The summed E-state index contributed by atoms with van der Waals surface area (Å²) in [7, 11) is 0. The number of pyridine rings is 1. The quantitative estimate of drug-likeness (QED) is 0.542. The van der Waals surface area contributed by atoms with Crippen molar-refractivity contribution in [3.63, 3.8) is 0 Å². The molecule has 0 unspecified atom stereocenters. The fraction of sp³-hybridized carbons (Fsp3) is 0.320. The van der Waals surface area contributed by atoms with E-state index in [0.717, 1.165) is 29.7 Å². The molecule has 5 rings (SSSR count). The van der Waals surface area contributed by atoms with E-state index in [4.69, 9.17) is 19.9 Å². The van der Waals surface area contributed by atoms with Crippen molar-refractivity contribution >= 4 is 22.6 Å². The number of rotatable bonds is 7. The van der Waals surface area contributed by atoms with Crippen molar-refractivity contribution in [2.75, 3.05) is 18.1 Å². The van der Waals surface area contributed by atoms with Crippen LogP contribution < -0.4 is 20.1 Å². The standard InChI is InChI=1S/C25H24N4O4/c1-14-15(2)22(6-5-21(14)29(25(27)30)17-3-4-17)33-23-7-8-28-20-10-24(32-13-18-12-31-18)16(11-26)9-19(20)23/h5-10,17-18H,3-4,12-13H2,1-2H3,(H2,27,30)/t18-/m1/s1. The van der Waals surface area contributed by atoms with Crippen molar-refractivity contribution in [3.05, 3.63) is 53.2 Å². The first-order chi connectivity index (χ1) is 16.0. The minimum atomic E-state index is -0.441. The molecule has 2 fully saturated rings. The zero-order chi connectivity index (χ0) is 23.1. The maximum absolute atomic E-state index is 12.0. The third-order valence-corrected chi connectivity index (χ3v) is 6.09. The number of fused-ring (bicyclic) bond motifs is 1. The third-order valence-electron chi connectivity index (χ3n) is 6.09. The van der Waals surface area contributed by atoms with Crippen molar-refractivity contribution in [2.45, 2.75) is 38.8 Å². The first kappa shape index (κ1) is 21.0. The Morgan fingerprint density at radius 1 is 1.21 bits per heavy atom. The highest BCUT2D eigenvalue weighted by atomic mass is 16.6. The SMILES string of the molecule is Cc1c(Oc2ccnc3cc(OC[C@H]4CO4)c(C#N)cc23)ccc(N(C(N)=O)C2CC2)c1C. The molecule has 1 aliphatic heterocycles. The van der Waals surface area contributed by atoms with Gasteiger partial charge in [0.05, 0.1) is 17.7 Å². The summed E-state index contributed by atoms with van der Waals surface area (Å²) in [6.07, 6.45) is 3.68. The van der Waals surface area contributed by atoms with Gasteiger partial charge in [-0.1, -0.05) is 0 Å². The lowest BCUT2D eigenvalue weighted by atomic mass is 10.1. The Morgan fingerprint density at radius 3 is 2.67 bits per heavy atom. The molecular formula is C25H24N4O4. The fourth-order valence-electron chi connectivity index (χ4n) is 3.89. The van der Waals surface area contributed by atoms with Gasteiger partial charge in [-0.05, 0) is 62.1 Å². The van der Waals surface area contributed by atoms with Crippen molar-refractivity contribution in [1.82, 2.24) is 4.98 Å². The maximum atomic E-state index is 12.0. The smallest absolute Gasteiger partial charge is 0.319 e. The minimum Gasteiger partial charge on any atom is -0.489 e. The monoisotopic (exact) mass is 444 g/mol. The van der Waals surface area contributed by atoms with Gasteiger partial charge in [-0.25, -0.2) is 4.79 Å². The largest absolute Gasteiger partial charge is 0.489 e. The summed E-state index contributed by atoms with van der Waals surface area (Å²) in [4.78, 5) is 18.1. The van der Waals surface area contributed by atoms with Crippen LogP contribution >= 0.6 is 0 Å². The number of epoxide rings is 1. The van der Waals surface area contributed by atoms with Crippen LogP contribution in [0, 0.1) is 25.2 Å². The van der Waals surface area contributed by atoms with Gasteiger partial charge in [-0.15, -0.1) is 0 Å². The van der Waals surface area contributed by atoms with E-state index in [1.54, 1.807) is 29.3 Å². The molecule has 168 valence electrons. The van der Waals surface area contributed by atoms with E-state index in [9.17, 15) is 10.1 Å². The van der Waals surface area contributed by atoms with Crippen LogP contribution in [0.2, 0.25) is 0 Å². The van der Waals surface area contributed by atoms with E-state index in [-0.39, 0.29) is 12.1 Å². The van der Waals surface area contributed by atoms with Gasteiger partial charge in [0, 0.05) is 29.4 Å². The molecule has 2 aromatic carbocycles. The molecule has 8 nitrogen and oxygen atoms in total. The van der Waals surface area contributed by atoms with Gasteiger partial charge in [0.1, 0.15) is 36.0 Å². The molecule has 8 heteroatoms.